The maximum absolute atomic E-state index is 13.6. The van der Waals surface area contributed by atoms with Crippen molar-refractivity contribution in [2.45, 2.75) is 46.1 Å². The summed E-state index contributed by atoms with van der Waals surface area (Å²) in [5.74, 6) is 1.96. The van der Waals surface area contributed by atoms with Crippen LogP contribution in [-0.2, 0) is 0 Å². The Morgan fingerprint density at radius 3 is 2.50 bits per heavy atom. The molecule has 2 rings (SSSR count). The van der Waals surface area contributed by atoms with Gasteiger partial charge in [0, 0.05) is 10.5 Å². The van der Waals surface area contributed by atoms with Crippen molar-refractivity contribution in [2.75, 3.05) is 6.54 Å². The van der Waals surface area contributed by atoms with Gasteiger partial charge in [0.25, 0.3) is 0 Å². The first-order valence-electron chi connectivity index (χ1n) is 7.69. The molecule has 0 radical (unpaired) electrons. The Morgan fingerprint density at radius 2 is 1.90 bits per heavy atom. The van der Waals surface area contributed by atoms with Crippen LogP contribution in [0.2, 0.25) is 0 Å². The predicted octanol–water partition coefficient (Wildman–Crippen LogP) is 5.31. The fourth-order valence-corrected chi connectivity index (χ4v) is 4.28. The Morgan fingerprint density at radius 1 is 1.25 bits per heavy atom. The van der Waals surface area contributed by atoms with Gasteiger partial charge in [0.1, 0.15) is 5.82 Å². The Balaban J connectivity index is 2.28. The van der Waals surface area contributed by atoms with Crippen molar-refractivity contribution >= 4 is 15.9 Å². The zero-order chi connectivity index (χ0) is 14.7. The van der Waals surface area contributed by atoms with Crippen molar-refractivity contribution in [2.24, 2.45) is 17.8 Å². The first-order chi connectivity index (χ1) is 9.51. The normalized spacial score (nSPS) is 28.4. The molecular weight excluding hydrogens is 317 g/mol. The van der Waals surface area contributed by atoms with Gasteiger partial charge in [-0.3, -0.25) is 0 Å². The first kappa shape index (κ1) is 16.0. The van der Waals surface area contributed by atoms with Crippen molar-refractivity contribution in [3.05, 3.63) is 34.1 Å². The molecule has 0 aliphatic heterocycles. The van der Waals surface area contributed by atoms with Crippen LogP contribution in [0, 0.1) is 23.6 Å². The second-order valence-corrected chi connectivity index (χ2v) is 7.23. The van der Waals surface area contributed by atoms with Gasteiger partial charge >= 0.3 is 0 Å². The van der Waals surface area contributed by atoms with Gasteiger partial charge in [-0.05, 0) is 67.3 Å². The van der Waals surface area contributed by atoms with Gasteiger partial charge in [0.05, 0.1) is 0 Å². The lowest BCUT2D eigenvalue weighted by molar-refractivity contribution is 0.177. The molecule has 0 aromatic heterocycles. The molecule has 20 heavy (non-hydrogen) atoms. The standard InChI is InChI=1S/C17H25BrFN/c1-4-20-17(13-8-11(2)7-12(3)9-13)15-10-14(19)5-6-16(15)18/h5-6,10-13,17,20H,4,7-9H2,1-3H3. The molecule has 1 aliphatic carbocycles. The zero-order valence-corrected chi connectivity index (χ0v) is 14.2. The molecule has 1 aromatic carbocycles. The predicted molar refractivity (Wildman–Crippen MR) is 86.2 cm³/mol. The van der Waals surface area contributed by atoms with Gasteiger partial charge < -0.3 is 5.32 Å². The summed E-state index contributed by atoms with van der Waals surface area (Å²) in [7, 11) is 0. The summed E-state index contributed by atoms with van der Waals surface area (Å²) in [5.41, 5.74) is 1.07. The molecule has 3 atom stereocenters. The van der Waals surface area contributed by atoms with E-state index < -0.39 is 0 Å². The van der Waals surface area contributed by atoms with Crippen molar-refractivity contribution in [1.29, 1.82) is 0 Å². The fraction of sp³-hybridized carbons (Fsp3) is 0.647. The van der Waals surface area contributed by atoms with Crippen LogP contribution in [0.25, 0.3) is 0 Å². The third-order valence-corrected chi connectivity index (χ3v) is 5.13. The lowest BCUT2D eigenvalue weighted by atomic mass is 9.72. The summed E-state index contributed by atoms with van der Waals surface area (Å²) in [5, 5.41) is 3.58. The minimum absolute atomic E-state index is 0.150. The van der Waals surface area contributed by atoms with Crippen LogP contribution >= 0.6 is 15.9 Å². The highest BCUT2D eigenvalue weighted by Gasteiger charge is 2.31. The van der Waals surface area contributed by atoms with E-state index in [4.69, 9.17) is 0 Å². The van der Waals surface area contributed by atoms with E-state index in [1.807, 2.05) is 6.07 Å². The molecule has 1 aromatic rings. The number of halogens is 2. The van der Waals surface area contributed by atoms with Gasteiger partial charge in [-0.1, -0.05) is 36.7 Å². The SMILES string of the molecule is CCNC(c1cc(F)ccc1Br)C1CC(C)CC(C)C1. The number of rotatable bonds is 4. The Labute approximate surface area is 130 Å². The number of hydrogen-bond acceptors (Lipinski definition) is 1. The number of benzene rings is 1. The molecule has 1 nitrogen and oxygen atoms in total. The third kappa shape index (κ3) is 3.82. The zero-order valence-electron chi connectivity index (χ0n) is 12.6. The lowest BCUT2D eigenvalue weighted by Gasteiger charge is -2.37. The lowest BCUT2D eigenvalue weighted by Crippen LogP contribution is -2.33. The molecule has 0 amide bonds. The average Bonchev–Trinajstić information content (AvgIpc) is 2.38. The van der Waals surface area contributed by atoms with E-state index in [2.05, 4.69) is 42.0 Å². The highest BCUT2D eigenvalue weighted by atomic mass is 79.9. The Kier molecular flexibility index (Phi) is 5.62. The van der Waals surface area contributed by atoms with Gasteiger partial charge in [0.15, 0.2) is 0 Å². The van der Waals surface area contributed by atoms with Crippen molar-refractivity contribution in [3.8, 4) is 0 Å². The van der Waals surface area contributed by atoms with Crippen LogP contribution in [0.15, 0.2) is 22.7 Å². The molecule has 0 spiro atoms. The molecule has 3 heteroatoms. The van der Waals surface area contributed by atoms with E-state index in [0.717, 1.165) is 28.4 Å². The minimum atomic E-state index is -0.150. The summed E-state index contributed by atoms with van der Waals surface area (Å²) in [6, 6.07) is 5.27. The molecule has 1 saturated carbocycles. The van der Waals surface area contributed by atoms with Crippen LogP contribution in [0.4, 0.5) is 4.39 Å². The highest BCUT2D eigenvalue weighted by Crippen LogP contribution is 2.41. The van der Waals surface area contributed by atoms with Crippen LogP contribution in [-0.4, -0.2) is 6.54 Å². The van der Waals surface area contributed by atoms with E-state index >= 15 is 0 Å². The molecule has 1 fully saturated rings. The van der Waals surface area contributed by atoms with Crippen molar-refractivity contribution in [1.82, 2.24) is 5.32 Å². The summed E-state index contributed by atoms with van der Waals surface area (Å²) < 4.78 is 14.6. The summed E-state index contributed by atoms with van der Waals surface area (Å²) in [6.07, 6.45) is 3.77. The van der Waals surface area contributed by atoms with E-state index in [1.165, 1.54) is 25.3 Å². The molecule has 0 bridgehead atoms. The average molecular weight is 342 g/mol. The van der Waals surface area contributed by atoms with Crippen LogP contribution in [0.5, 0.6) is 0 Å². The number of hydrogen-bond donors (Lipinski definition) is 1. The van der Waals surface area contributed by atoms with Crippen molar-refractivity contribution in [3.63, 3.8) is 0 Å². The monoisotopic (exact) mass is 341 g/mol. The molecule has 0 saturated heterocycles. The van der Waals surface area contributed by atoms with Crippen LogP contribution < -0.4 is 5.32 Å². The minimum Gasteiger partial charge on any atom is -0.310 e. The van der Waals surface area contributed by atoms with Crippen LogP contribution in [0.3, 0.4) is 0 Å². The molecule has 112 valence electrons. The van der Waals surface area contributed by atoms with Gasteiger partial charge in [0.2, 0.25) is 0 Å². The summed E-state index contributed by atoms with van der Waals surface area (Å²) in [6.45, 7) is 7.71. The molecule has 1 N–H and O–H groups in total. The summed E-state index contributed by atoms with van der Waals surface area (Å²) >= 11 is 3.59. The van der Waals surface area contributed by atoms with E-state index in [9.17, 15) is 4.39 Å². The summed E-state index contributed by atoms with van der Waals surface area (Å²) in [4.78, 5) is 0. The second-order valence-electron chi connectivity index (χ2n) is 6.38. The maximum Gasteiger partial charge on any atom is 0.123 e. The molecule has 3 unspecified atom stereocenters. The third-order valence-electron chi connectivity index (χ3n) is 4.40. The quantitative estimate of drug-likeness (QED) is 0.782. The van der Waals surface area contributed by atoms with Gasteiger partial charge in [-0.2, -0.15) is 0 Å². The highest BCUT2D eigenvalue weighted by molar-refractivity contribution is 9.10. The Hall–Kier alpha value is -0.410. The largest absolute Gasteiger partial charge is 0.310 e. The number of nitrogens with one attached hydrogen (secondary N) is 1. The van der Waals surface area contributed by atoms with Crippen molar-refractivity contribution < 1.29 is 4.39 Å². The van der Waals surface area contributed by atoms with E-state index in [-0.39, 0.29) is 11.9 Å². The Bertz CT molecular complexity index is 439. The van der Waals surface area contributed by atoms with Gasteiger partial charge in [-0.15, -0.1) is 0 Å². The van der Waals surface area contributed by atoms with E-state index in [0.29, 0.717) is 5.92 Å². The molecule has 1 aliphatic rings. The van der Waals surface area contributed by atoms with Crippen LogP contribution in [0.1, 0.15) is 51.6 Å². The van der Waals surface area contributed by atoms with Gasteiger partial charge in [-0.25, -0.2) is 4.39 Å². The smallest absolute Gasteiger partial charge is 0.123 e. The molecular formula is C17H25BrFN. The first-order valence-corrected chi connectivity index (χ1v) is 8.48. The fourth-order valence-electron chi connectivity index (χ4n) is 3.78. The second kappa shape index (κ2) is 7.04. The topological polar surface area (TPSA) is 12.0 Å². The maximum atomic E-state index is 13.6. The molecule has 0 heterocycles. The van der Waals surface area contributed by atoms with E-state index in [1.54, 1.807) is 6.07 Å².